The Labute approximate surface area is 107 Å². The summed E-state index contributed by atoms with van der Waals surface area (Å²) in [6.45, 7) is 1.75. The van der Waals surface area contributed by atoms with E-state index in [-0.39, 0.29) is 11.5 Å². The van der Waals surface area contributed by atoms with E-state index in [0.29, 0.717) is 11.5 Å². The predicted octanol–water partition coefficient (Wildman–Crippen LogP) is 1.19. The van der Waals surface area contributed by atoms with Crippen molar-refractivity contribution in [3.05, 3.63) is 42.0 Å². The molecule has 0 fully saturated rings. The van der Waals surface area contributed by atoms with Crippen molar-refractivity contribution in [1.82, 2.24) is 24.6 Å². The maximum atomic E-state index is 10.9. The Morgan fingerprint density at radius 1 is 1.37 bits per heavy atom. The van der Waals surface area contributed by atoms with Crippen LogP contribution in [-0.4, -0.2) is 35.6 Å². The van der Waals surface area contributed by atoms with Crippen LogP contribution in [0.25, 0.3) is 17.2 Å². The van der Waals surface area contributed by atoms with Gasteiger partial charge in [0.2, 0.25) is 0 Å². The highest BCUT2D eigenvalue weighted by molar-refractivity contribution is 5.85. The van der Waals surface area contributed by atoms with Crippen LogP contribution < -0.4 is 0 Å². The fraction of sp³-hybridized carbons (Fsp3) is 0.0833. The van der Waals surface area contributed by atoms with Crippen LogP contribution >= 0.6 is 0 Å². The van der Waals surface area contributed by atoms with E-state index in [2.05, 4.69) is 20.1 Å². The summed E-state index contributed by atoms with van der Waals surface area (Å²) in [5.41, 5.74) is 1.37. The standard InChI is InChI=1S/C12H9N5O2/c1-7-5-9(11(18)19)14-12-15-10(16-17(7)12)8-3-2-4-13-6-8/h2-6H,1H3,(H,18,19). The molecule has 94 valence electrons. The van der Waals surface area contributed by atoms with E-state index >= 15 is 0 Å². The summed E-state index contributed by atoms with van der Waals surface area (Å²) in [7, 11) is 0. The molecular formula is C12H9N5O2. The lowest BCUT2D eigenvalue weighted by Crippen LogP contribution is -2.05. The molecule has 0 aliphatic rings. The van der Waals surface area contributed by atoms with Gasteiger partial charge in [-0.2, -0.15) is 4.98 Å². The largest absolute Gasteiger partial charge is 0.477 e. The summed E-state index contributed by atoms with van der Waals surface area (Å²) in [4.78, 5) is 23.1. The van der Waals surface area contributed by atoms with E-state index in [1.807, 2.05) is 6.07 Å². The third-order valence-electron chi connectivity index (χ3n) is 2.63. The van der Waals surface area contributed by atoms with Gasteiger partial charge in [0.1, 0.15) is 0 Å². The molecule has 3 rings (SSSR count). The molecule has 0 aromatic carbocycles. The van der Waals surface area contributed by atoms with Gasteiger partial charge in [-0.1, -0.05) is 0 Å². The van der Waals surface area contributed by atoms with Crippen molar-refractivity contribution in [3.8, 4) is 11.4 Å². The molecule has 0 amide bonds. The number of carboxylic acids is 1. The molecule has 0 spiro atoms. The Hall–Kier alpha value is -2.83. The van der Waals surface area contributed by atoms with E-state index < -0.39 is 5.97 Å². The number of aromatic nitrogens is 5. The van der Waals surface area contributed by atoms with Crippen molar-refractivity contribution in [3.63, 3.8) is 0 Å². The molecule has 0 saturated heterocycles. The van der Waals surface area contributed by atoms with Crippen LogP contribution in [0, 0.1) is 6.92 Å². The lowest BCUT2D eigenvalue weighted by Gasteiger charge is -1.98. The summed E-state index contributed by atoms with van der Waals surface area (Å²) in [6.07, 6.45) is 3.30. The van der Waals surface area contributed by atoms with Crippen LogP contribution in [0.1, 0.15) is 16.2 Å². The molecule has 0 saturated carbocycles. The predicted molar refractivity (Wildman–Crippen MR) is 65.7 cm³/mol. The van der Waals surface area contributed by atoms with Crippen LogP contribution in [-0.2, 0) is 0 Å². The average Bonchev–Trinajstić information content (AvgIpc) is 2.84. The van der Waals surface area contributed by atoms with Gasteiger partial charge in [-0.15, -0.1) is 5.10 Å². The van der Waals surface area contributed by atoms with Crippen LogP contribution in [0.2, 0.25) is 0 Å². The molecule has 3 heterocycles. The van der Waals surface area contributed by atoms with Gasteiger partial charge in [0.25, 0.3) is 5.78 Å². The van der Waals surface area contributed by atoms with Gasteiger partial charge in [0.05, 0.1) is 0 Å². The quantitative estimate of drug-likeness (QED) is 0.739. The Bertz CT molecular complexity index is 766. The minimum Gasteiger partial charge on any atom is -0.477 e. The topological polar surface area (TPSA) is 93.3 Å². The number of hydrogen-bond acceptors (Lipinski definition) is 5. The van der Waals surface area contributed by atoms with Gasteiger partial charge in [-0.05, 0) is 25.1 Å². The molecule has 0 atom stereocenters. The number of nitrogens with zero attached hydrogens (tertiary/aromatic N) is 5. The number of carbonyl (C=O) groups is 1. The van der Waals surface area contributed by atoms with Crippen LogP contribution in [0.3, 0.4) is 0 Å². The first-order valence-electron chi connectivity index (χ1n) is 5.53. The maximum Gasteiger partial charge on any atom is 0.354 e. The molecule has 0 radical (unpaired) electrons. The van der Waals surface area contributed by atoms with Gasteiger partial charge in [0, 0.05) is 23.7 Å². The van der Waals surface area contributed by atoms with Crippen LogP contribution in [0.4, 0.5) is 0 Å². The van der Waals surface area contributed by atoms with Gasteiger partial charge in [0.15, 0.2) is 11.5 Å². The number of fused-ring (bicyclic) bond motifs is 1. The highest BCUT2D eigenvalue weighted by Crippen LogP contribution is 2.15. The first kappa shape index (κ1) is 11.3. The Morgan fingerprint density at radius 3 is 2.89 bits per heavy atom. The van der Waals surface area contributed by atoms with Gasteiger partial charge in [-0.25, -0.2) is 14.3 Å². The fourth-order valence-corrected chi connectivity index (χ4v) is 1.74. The Balaban J connectivity index is 2.21. The molecule has 0 aliphatic carbocycles. The SMILES string of the molecule is Cc1cc(C(=O)O)nc2nc(-c3cccnc3)nn12. The number of carboxylic acid groups (broad SMARTS) is 1. The Morgan fingerprint density at radius 2 is 2.21 bits per heavy atom. The highest BCUT2D eigenvalue weighted by Gasteiger charge is 2.13. The first-order valence-corrected chi connectivity index (χ1v) is 5.53. The molecule has 3 aromatic heterocycles. The maximum absolute atomic E-state index is 10.9. The van der Waals surface area contributed by atoms with Gasteiger partial charge in [-0.3, -0.25) is 4.98 Å². The molecule has 0 bridgehead atoms. The van der Waals surface area contributed by atoms with Gasteiger partial charge >= 0.3 is 5.97 Å². The third kappa shape index (κ3) is 1.90. The second kappa shape index (κ2) is 4.13. The van der Waals surface area contributed by atoms with E-state index in [9.17, 15) is 4.79 Å². The molecule has 3 aromatic rings. The van der Waals surface area contributed by atoms with Crippen molar-refractivity contribution >= 4 is 11.7 Å². The fourth-order valence-electron chi connectivity index (χ4n) is 1.74. The average molecular weight is 255 g/mol. The monoisotopic (exact) mass is 255 g/mol. The second-order valence-electron chi connectivity index (χ2n) is 3.98. The molecule has 7 nitrogen and oxygen atoms in total. The molecule has 1 N–H and O–H groups in total. The van der Waals surface area contributed by atoms with Crippen molar-refractivity contribution in [2.75, 3.05) is 0 Å². The highest BCUT2D eigenvalue weighted by atomic mass is 16.4. The van der Waals surface area contributed by atoms with Crippen LogP contribution in [0.5, 0.6) is 0 Å². The third-order valence-corrected chi connectivity index (χ3v) is 2.63. The van der Waals surface area contributed by atoms with Crippen molar-refractivity contribution in [2.24, 2.45) is 0 Å². The molecule has 19 heavy (non-hydrogen) atoms. The molecule has 7 heteroatoms. The number of aromatic carboxylic acids is 1. The van der Waals surface area contributed by atoms with Crippen molar-refractivity contribution in [1.29, 1.82) is 0 Å². The number of aryl methyl sites for hydroxylation is 1. The minimum absolute atomic E-state index is 0.0462. The van der Waals surface area contributed by atoms with Crippen LogP contribution in [0.15, 0.2) is 30.6 Å². The zero-order valence-electron chi connectivity index (χ0n) is 9.98. The summed E-state index contributed by atoms with van der Waals surface area (Å²) in [5, 5.41) is 13.3. The lowest BCUT2D eigenvalue weighted by atomic mass is 10.3. The zero-order chi connectivity index (χ0) is 13.4. The normalized spacial score (nSPS) is 10.8. The lowest BCUT2D eigenvalue weighted by molar-refractivity contribution is 0.0690. The van der Waals surface area contributed by atoms with Crippen molar-refractivity contribution < 1.29 is 9.90 Å². The number of hydrogen-bond donors (Lipinski definition) is 1. The molecule has 0 aliphatic heterocycles. The number of rotatable bonds is 2. The first-order chi connectivity index (χ1) is 9.15. The minimum atomic E-state index is -1.09. The summed E-state index contributed by atoms with van der Waals surface area (Å²) < 4.78 is 1.51. The molecule has 0 unspecified atom stereocenters. The van der Waals surface area contributed by atoms with E-state index in [1.165, 1.54) is 10.6 Å². The summed E-state index contributed by atoms with van der Waals surface area (Å²) in [5.74, 6) is -0.362. The number of pyridine rings is 1. The Kier molecular flexibility index (Phi) is 2.45. The summed E-state index contributed by atoms with van der Waals surface area (Å²) >= 11 is 0. The van der Waals surface area contributed by atoms with E-state index in [0.717, 1.165) is 5.56 Å². The molecular weight excluding hydrogens is 246 g/mol. The summed E-state index contributed by atoms with van der Waals surface area (Å²) in [6, 6.07) is 5.07. The van der Waals surface area contributed by atoms with Gasteiger partial charge < -0.3 is 5.11 Å². The smallest absolute Gasteiger partial charge is 0.354 e. The van der Waals surface area contributed by atoms with E-state index in [4.69, 9.17) is 5.11 Å². The van der Waals surface area contributed by atoms with E-state index in [1.54, 1.807) is 25.4 Å². The second-order valence-corrected chi connectivity index (χ2v) is 3.98. The van der Waals surface area contributed by atoms with Crippen molar-refractivity contribution in [2.45, 2.75) is 6.92 Å². The zero-order valence-corrected chi connectivity index (χ0v) is 9.98.